The fourth-order valence-electron chi connectivity index (χ4n) is 2.87. The van der Waals surface area contributed by atoms with Crippen molar-refractivity contribution in [2.24, 2.45) is 0 Å². The second-order valence-corrected chi connectivity index (χ2v) is 9.71. The van der Waals surface area contributed by atoms with E-state index in [1.54, 1.807) is 11.4 Å². The maximum atomic E-state index is 12.6. The Kier molecular flexibility index (Phi) is 8.16. The van der Waals surface area contributed by atoms with Crippen LogP contribution in [0.3, 0.4) is 0 Å². The van der Waals surface area contributed by atoms with Crippen LogP contribution in [0, 0.1) is 0 Å². The molecule has 0 saturated carbocycles. The number of hydrogen-bond donors (Lipinski definition) is 4. The second-order valence-electron chi connectivity index (χ2n) is 6.77. The van der Waals surface area contributed by atoms with Gasteiger partial charge in [-0.05, 0) is 17.0 Å². The number of hydrogen-bond acceptors (Lipinski definition) is 8. The fourth-order valence-corrected chi connectivity index (χ4v) is 4.89. The van der Waals surface area contributed by atoms with Crippen LogP contribution in [0.1, 0.15) is 5.56 Å². The highest BCUT2D eigenvalue weighted by molar-refractivity contribution is 7.91. The van der Waals surface area contributed by atoms with Gasteiger partial charge in [0.05, 0.1) is 19.7 Å². The van der Waals surface area contributed by atoms with Crippen molar-refractivity contribution in [3.05, 3.63) is 74.2 Å². The van der Waals surface area contributed by atoms with Gasteiger partial charge in [-0.1, -0.05) is 36.4 Å². The van der Waals surface area contributed by atoms with Gasteiger partial charge in [0.2, 0.25) is 5.91 Å². The Morgan fingerprint density at radius 3 is 2.58 bits per heavy atom. The lowest BCUT2D eigenvalue weighted by Gasteiger charge is -2.18. The molecule has 0 bridgehead atoms. The van der Waals surface area contributed by atoms with E-state index in [1.807, 2.05) is 30.3 Å². The zero-order valence-electron chi connectivity index (χ0n) is 17.7. The minimum atomic E-state index is -3.87. The zero-order valence-corrected chi connectivity index (χ0v) is 19.3. The summed E-state index contributed by atoms with van der Waals surface area (Å²) in [7, 11) is -2.42. The van der Waals surface area contributed by atoms with E-state index in [-0.39, 0.29) is 35.4 Å². The summed E-state index contributed by atoms with van der Waals surface area (Å²) in [6.07, 6.45) is 0. The first kappa shape index (κ1) is 24.4. The predicted octanol–water partition coefficient (Wildman–Crippen LogP) is 0.774. The van der Waals surface area contributed by atoms with Crippen LogP contribution in [0.2, 0.25) is 0 Å². The molecule has 0 saturated heterocycles. The summed E-state index contributed by atoms with van der Waals surface area (Å²) in [5.41, 5.74) is -0.632. The summed E-state index contributed by atoms with van der Waals surface area (Å²) in [5.74, 6) is -0.842. The number of aromatic nitrogens is 2. The Bertz CT molecular complexity index is 1300. The first-order valence-electron chi connectivity index (χ1n) is 9.78. The van der Waals surface area contributed by atoms with E-state index < -0.39 is 33.7 Å². The van der Waals surface area contributed by atoms with Crippen molar-refractivity contribution in [2.75, 3.05) is 30.9 Å². The summed E-state index contributed by atoms with van der Waals surface area (Å²) in [6, 6.07) is 12.2. The molecule has 2 aromatic heterocycles. The number of nitrogens with zero attached hydrogens (tertiary/aromatic N) is 1. The summed E-state index contributed by atoms with van der Waals surface area (Å²) in [4.78, 5) is 39.7. The molecular formula is C20H23N5O6S2. The average molecular weight is 494 g/mol. The van der Waals surface area contributed by atoms with E-state index in [9.17, 15) is 22.8 Å². The average Bonchev–Trinajstić information content (AvgIpc) is 3.34. The molecule has 0 unspecified atom stereocenters. The van der Waals surface area contributed by atoms with Crippen LogP contribution in [0.15, 0.2) is 61.6 Å². The van der Waals surface area contributed by atoms with Crippen molar-refractivity contribution >= 4 is 38.8 Å². The van der Waals surface area contributed by atoms with Crippen LogP contribution >= 0.6 is 11.3 Å². The minimum absolute atomic E-state index is 0.0379. The number of thiophene rings is 1. The van der Waals surface area contributed by atoms with E-state index in [0.29, 0.717) is 0 Å². The van der Waals surface area contributed by atoms with Gasteiger partial charge in [-0.3, -0.25) is 19.1 Å². The van der Waals surface area contributed by atoms with E-state index in [2.05, 4.69) is 20.3 Å². The van der Waals surface area contributed by atoms with Crippen LogP contribution in [-0.2, 0) is 32.6 Å². The molecule has 3 aromatic rings. The van der Waals surface area contributed by atoms with Gasteiger partial charge in [0, 0.05) is 13.7 Å². The van der Waals surface area contributed by atoms with Crippen molar-refractivity contribution in [3.8, 4) is 0 Å². The van der Waals surface area contributed by atoms with Gasteiger partial charge in [-0.2, -0.15) is 0 Å². The number of amides is 1. The van der Waals surface area contributed by atoms with Crippen molar-refractivity contribution < 1.29 is 17.9 Å². The molecule has 13 heteroatoms. The van der Waals surface area contributed by atoms with Gasteiger partial charge in [0.15, 0.2) is 0 Å². The molecule has 0 atom stereocenters. The third kappa shape index (κ3) is 6.38. The number of sulfonamides is 1. The highest BCUT2D eigenvalue weighted by atomic mass is 32.2. The Hall–Kier alpha value is -3.26. The largest absolute Gasteiger partial charge is 0.383 e. The summed E-state index contributed by atoms with van der Waals surface area (Å²) in [6.45, 7) is -0.162. The molecule has 11 nitrogen and oxygen atoms in total. The molecule has 0 aliphatic heterocycles. The van der Waals surface area contributed by atoms with Crippen molar-refractivity contribution in [3.63, 3.8) is 0 Å². The molecule has 2 heterocycles. The van der Waals surface area contributed by atoms with Gasteiger partial charge >= 0.3 is 5.69 Å². The normalized spacial score (nSPS) is 11.3. The third-order valence-electron chi connectivity index (χ3n) is 4.47. The molecule has 0 aliphatic carbocycles. The highest BCUT2D eigenvalue weighted by Crippen LogP contribution is 2.17. The lowest BCUT2D eigenvalue weighted by atomic mass is 10.2. The summed E-state index contributed by atoms with van der Waals surface area (Å²) in [5, 5.41) is 7.03. The van der Waals surface area contributed by atoms with E-state index in [0.717, 1.165) is 21.5 Å². The van der Waals surface area contributed by atoms with Gasteiger partial charge in [-0.25, -0.2) is 17.9 Å². The molecule has 1 aromatic carbocycles. The standard InChI is InChI=1S/C20H23N5O6S2/c1-31-10-9-25-18(23-15(26)13-22-33(29,30)16-8-5-11-32-16)17(19(27)24-20(25)28)21-12-14-6-3-2-4-7-14/h2-8,11,21-22H,9-10,12-13H2,1H3,(H,23,26)(H,24,27,28). The van der Waals surface area contributed by atoms with Crippen molar-refractivity contribution in [2.45, 2.75) is 17.3 Å². The first-order chi connectivity index (χ1) is 15.8. The lowest BCUT2D eigenvalue weighted by Crippen LogP contribution is -2.38. The maximum absolute atomic E-state index is 12.6. The monoisotopic (exact) mass is 493 g/mol. The molecule has 0 spiro atoms. The molecule has 0 fully saturated rings. The fraction of sp³-hybridized carbons (Fsp3) is 0.250. The zero-order chi connectivity index (χ0) is 23.8. The van der Waals surface area contributed by atoms with Crippen LogP contribution < -0.4 is 26.6 Å². The Balaban J connectivity index is 1.86. The van der Waals surface area contributed by atoms with Gasteiger partial charge in [-0.15, -0.1) is 11.3 Å². The SMILES string of the molecule is COCCn1c(NC(=O)CNS(=O)(=O)c2cccs2)c(NCc2ccccc2)c(=O)[nH]c1=O. The number of H-pyrrole nitrogens is 1. The number of nitrogens with one attached hydrogen (secondary N) is 4. The number of anilines is 2. The highest BCUT2D eigenvalue weighted by Gasteiger charge is 2.20. The predicted molar refractivity (Wildman–Crippen MR) is 125 cm³/mol. The summed E-state index contributed by atoms with van der Waals surface area (Å²) < 4.78 is 33.0. The Labute approximate surface area is 193 Å². The quantitative estimate of drug-likeness (QED) is 0.308. The number of carbonyl (C=O) groups is 1. The first-order valence-corrected chi connectivity index (χ1v) is 12.1. The van der Waals surface area contributed by atoms with Crippen LogP contribution in [0.25, 0.3) is 0 Å². The van der Waals surface area contributed by atoms with Crippen LogP contribution in [0.4, 0.5) is 11.5 Å². The molecule has 1 amide bonds. The molecular weight excluding hydrogens is 470 g/mol. The maximum Gasteiger partial charge on any atom is 0.330 e. The van der Waals surface area contributed by atoms with E-state index in [1.165, 1.54) is 13.2 Å². The number of ether oxygens (including phenoxy) is 1. The van der Waals surface area contributed by atoms with Crippen LogP contribution in [-0.4, -0.2) is 44.1 Å². The molecule has 33 heavy (non-hydrogen) atoms. The van der Waals surface area contributed by atoms with Gasteiger partial charge in [0.25, 0.3) is 15.6 Å². The molecule has 3 rings (SSSR count). The van der Waals surface area contributed by atoms with Crippen LogP contribution in [0.5, 0.6) is 0 Å². The second kappa shape index (κ2) is 11.0. The number of rotatable bonds is 11. The van der Waals surface area contributed by atoms with E-state index in [4.69, 9.17) is 4.74 Å². The third-order valence-corrected chi connectivity index (χ3v) is 7.27. The number of methoxy groups -OCH3 is 1. The summed E-state index contributed by atoms with van der Waals surface area (Å²) >= 11 is 1.01. The Morgan fingerprint density at radius 1 is 1.15 bits per heavy atom. The molecule has 176 valence electrons. The topological polar surface area (TPSA) is 151 Å². The van der Waals surface area contributed by atoms with Crippen molar-refractivity contribution in [1.82, 2.24) is 14.3 Å². The lowest BCUT2D eigenvalue weighted by molar-refractivity contribution is -0.115. The number of aromatic amines is 1. The minimum Gasteiger partial charge on any atom is -0.383 e. The van der Waals surface area contributed by atoms with E-state index >= 15 is 0 Å². The number of carbonyl (C=O) groups excluding carboxylic acids is 1. The number of benzene rings is 1. The molecule has 0 aliphatic rings. The molecule has 0 radical (unpaired) electrons. The van der Waals surface area contributed by atoms with Gasteiger partial charge in [0.1, 0.15) is 15.7 Å². The Morgan fingerprint density at radius 2 is 1.91 bits per heavy atom. The van der Waals surface area contributed by atoms with Gasteiger partial charge < -0.3 is 15.4 Å². The smallest absolute Gasteiger partial charge is 0.330 e. The molecule has 4 N–H and O–H groups in total. The van der Waals surface area contributed by atoms with Crippen molar-refractivity contribution in [1.29, 1.82) is 0 Å².